The second-order valence-electron chi connectivity index (χ2n) is 9.95. The third-order valence-electron chi connectivity index (χ3n) is 7.34. The molecule has 0 saturated carbocycles. The van der Waals surface area contributed by atoms with E-state index in [0.29, 0.717) is 19.4 Å². The van der Waals surface area contributed by atoms with Gasteiger partial charge in [0.15, 0.2) is 0 Å². The Morgan fingerprint density at radius 2 is 1.08 bits per heavy atom. The van der Waals surface area contributed by atoms with Gasteiger partial charge in [0.25, 0.3) is 0 Å². The molecule has 3 aromatic carbocycles. The van der Waals surface area contributed by atoms with Gasteiger partial charge < -0.3 is 20.1 Å². The zero-order valence-electron chi connectivity index (χ0n) is 22.2. The van der Waals surface area contributed by atoms with Gasteiger partial charge >= 0.3 is 0 Å². The smallest absolute Gasteiger partial charge is 0.143 e. The lowest BCUT2D eigenvalue weighted by molar-refractivity contribution is -0.0516. The standard InChI is InChI=1S/C33H44O4/c1-2-3-4-5-6-16-23-31(35)30(32(36)26-34)24-25-37-33(27-17-10-7-11-18-27,28-19-12-8-13-20-28)29-21-14-9-15-22-29/h7-15,17-22,30-32,34-36H,2-6,16,23-26H2,1H3/t30-,31-,32+/m1/s1. The van der Waals surface area contributed by atoms with Crippen LogP contribution in [0.2, 0.25) is 0 Å². The summed E-state index contributed by atoms with van der Waals surface area (Å²) in [6, 6.07) is 30.5. The summed E-state index contributed by atoms with van der Waals surface area (Å²) < 4.78 is 6.83. The summed E-state index contributed by atoms with van der Waals surface area (Å²) in [5, 5.41) is 31.3. The molecule has 0 aliphatic rings. The number of benzene rings is 3. The van der Waals surface area contributed by atoms with E-state index in [4.69, 9.17) is 4.74 Å². The Hall–Kier alpha value is -2.50. The SMILES string of the molecule is CCCCCCCC[C@@H](O)[C@@H](CCOC(c1ccccc1)(c1ccccc1)c1ccccc1)[C@@H](O)CO. The molecule has 37 heavy (non-hydrogen) atoms. The lowest BCUT2D eigenvalue weighted by atomic mass is 9.80. The number of unbranched alkanes of at least 4 members (excludes halogenated alkanes) is 5. The molecule has 0 aliphatic heterocycles. The largest absolute Gasteiger partial charge is 0.394 e. The van der Waals surface area contributed by atoms with Crippen LogP contribution >= 0.6 is 0 Å². The molecule has 4 nitrogen and oxygen atoms in total. The van der Waals surface area contributed by atoms with E-state index in [1.807, 2.05) is 54.6 Å². The van der Waals surface area contributed by atoms with E-state index in [-0.39, 0.29) is 6.61 Å². The van der Waals surface area contributed by atoms with E-state index in [9.17, 15) is 15.3 Å². The van der Waals surface area contributed by atoms with Crippen molar-refractivity contribution in [1.82, 2.24) is 0 Å². The Kier molecular flexibility index (Phi) is 12.3. The molecule has 0 fully saturated rings. The molecule has 0 unspecified atom stereocenters. The first-order chi connectivity index (χ1) is 18.1. The van der Waals surface area contributed by atoms with Crippen molar-refractivity contribution < 1.29 is 20.1 Å². The fraction of sp³-hybridized carbons (Fsp3) is 0.455. The van der Waals surface area contributed by atoms with Crippen LogP contribution in [0.15, 0.2) is 91.0 Å². The highest BCUT2D eigenvalue weighted by Crippen LogP contribution is 2.40. The maximum atomic E-state index is 11.0. The molecule has 200 valence electrons. The maximum Gasteiger partial charge on any atom is 0.143 e. The Bertz CT molecular complexity index is 880. The molecule has 0 aliphatic carbocycles. The summed E-state index contributed by atoms with van der Waals surface area (Å²) in [6.07, 6.45) is 6.24. The third-order valence-corrected chi connectivity index (χ3v) is 7.34. The van der Waals surface area contributed by atoms with Gasteiger partial charge in [-0.3, -0.25) is 0 Å². The van der Waals surface area contributed by atoms with Crippen LogP contribution in [0.25, 0.3) is 0 Å². The highest BCUT2D eigenvalue weighted by atomic mass is 16.5. The molecule has 4 heteroatoms. The number of hydrogen-bond acceptors (Lipinski definition) is 4. The highest BCUT2D eigenvalue weighted by Gasteiger charge is 2.38. The number of rotatable bonds is 17. The van der Waals surface area contributed by atoms with Crippen molar-refractivity contribution >= 4 is 0 Å². The van der Waals surface area contributed by atoms with Gasteiger partial charge in [-0.25, -0.2) is 0 Å². The lowest BCUT2D eigenvalue weighted by Gasteiger charge is -2.37. The Labute approximate surface area is 223 Å². The van der Waals surface area contributed by atoms with Crippen LogP contribution in [0.1, 0.15) is 75.0 Å². The molecule has 3 atom stereocenters. The quantitative estimate of drug-likeness (QED) is 0.146. The van der Waals surface area contributed by atoms with Crippen LogP contribution in [0.4, 0.5) is 0 Å². The molecule has 0 heterocycles. The normalized spacial score (nSPS) is 14.3. The molecule has 0 amide bonds. The van der Waals surface area contributed by atoms with Crippen molar-refractivity contribution in [2.45, 2.75) is 76.1 Å². The number of hydrogen-bond donors (Lipinski definition) is 3. The zero-order valence-corrected chi connectivity index (χ0v) is 22.2. The van der Waals surface area contributed by atoms with Gasteiger partial charge in [-0.05, 0) is 29.5 Å². The average Bonchev–Trinajstić information content (AvgIpc) is 2.96. The number of ether oxygens (including phenoxy) is 1. The van der Waals surface area contributed by atoms with Gasteiger partial charge in [-0.1, -0.05) is 136 Å². The fourth-order valence-electron chi connectivity index (χ4n) is 5.24. The summed E-state index contributed by atoms with van der Waals surface area (Å²) in [7, 11) is 0. The molecule has 3 rings (SSSR count). The van der Waals surface area contributed by atoms with Crippen LogP contribution in [-0.4, -0.2) is 40.7 Å². The van der Waals surface area contributed by atoms with E-state index in [2.05, 4.69) is 43.3 Å². The molecular weight excluding hydrogens is 460 g/mol. The van der Waals surface area contributed by atoms with Gasteiger partial charge in [-0.2, -0.15) is 0 Å². The molecule has 0 spiro atoms. The summed E-state index contributed by atoms with van der Waals surface area (Å²) in [5.41, 5.74) is 2.20. The third kappa shape index (κ3) is 7.99. The summed E-state index contributed by atoms with van der Waals surface area (Å²) in [6.45, 7) is 2.14. The number of aliphatic hydroxyl groups is 3. The summed E-state index contributed by atoms with van der Waals surface area (Å²) >= 11 is 0. The topological polar surface area (TPSA) is 69.9 Å². The van der Waals surface area contributed by atoms with Crippen molar-refractivity contribution in [2.75, 3.05) is 13.2 Å². The van der Waals surface area contributed by atoms with Gasteiger partial charge in [0.05, 0.1) is 18.8 Å². The van der Waals surface area contributed by atoms with Crippen molar-refractivity contribution in [3.63, 3.8) is 0 Å². The maximum absolute atomic E-state index is 11.0. The molecule has 0 bridgehead atoms. The van der Waals surface area contributed by atoms with Gasteiger partial charge in [-0.15, -0.1) is 0 Å². The Morgan fingerprint density at radius 3 is 1.54 bits per heavy atom. The predicted octanol–water partition coefficient (Wildman–Crippen LogP) is 6.47. The van der Waals surface area contributed by atoms with Crippen LogP contribution in [0.5, 0.6) is 0 Å². The highest BCUT2D eigenvalue weighted by molar-refractivity contribution is 5.47. The minimum Gasteiger partial charge on any atom is -0.394 e. The Morgan fingerprint density at radius 1 is 0.622 bits per heavy atom. The second kappa shape index (κ2) is 15.7. The molecule has 0 aromatic heterocycles. The lowest BCUT2D eigenvalue weighted by Crippen LogP contribution is -2.38. The van der Waals surface area contributed by atoms with E-state index in [0.717, 1.165) is 29.5 Å². The molecule has 0 radical (unpaired) electrons. The average molecular weight is 505 g/mol. The summed E-state index contributed by atoms with van der Waals surface area (Å²) in [4.78, 5) is 0. The minimum atomic E-state index is -0.988. The van der Waals surface area contributed by atoms with Crippen molar-refractivity contribution in [1.29, 1.82) is 0 Å². The van der Waals surface area contributed by atoms with Crippen molar-refractivity contribution in [2.24, 2.45) is 5.92 Å². The van der Waals surface area contributed by atoms with Crippen molar-refractivity contribution in [3.05, 3.63) is 108 Å². The van der Waals surface area contributed by atoms with E-state index >= 15 is 0 Å². The molecular formula is C33H44O4. The van der Waals surface area contributed by atoms with Gasteiger partial charge in [0.1, 0.15) is 5.60 Å². The number of aliphatic hydroxyl groups excluding tert-OH is 3. The van der Waals surface area contributed by atoms with Gasteiger partial charge in [0, 0.05) is 12.5 Å². The zero-order chi connectivity index (χ0) is 26.3. The van der Waals surface area contributed by atoms with Crippen LogP contribution in [0.3, 0.4) is 0 Å². The van der Waals surface area contributed by atoms with Gasteiger partial charge in [0.2, 0.25) is 0 Å². The molecule has 3 aromatic rings. The first-order valence-corrected chi connectivity index (χ1v) is 13.9. The van der Waals surface area contributed by atoms with E-state index < -0.39 is 23.7 Å². The minimum absolute atomic E-state index is 0.313. The van der Waals surface area contributed by atoms with Crippen LogP contribution < -0.4 is 0 Å². The summed E-state index contributed by atoms with van der Waals surface area (Å²) in [5.74, 6) is -0.458. The first kappa shape index (κ1) is 29.1. The molecule has 3 N–H and O–H groups in total. The van der Waals surface area contributed by atoms with Crippen molar-refractivity contribution in [3.8, 4) is 0 Å². The second-order valence-corrected chi connectivity index (χ2v) is 9.95. The van der Waals surface area contributed by atoms with E-state index in [1.165, 1.54) is 25.7 Å². The van der Waals surface area contributed by atoms with Crippen LogP contribution in [-0.2, 0) is 10.3 Å². The monoisotopic (exact) mass is 504 g/mol. The predicted molar refractivity (Wildman–Crippen MR) is 150 cm³/mol. The Balaban J connectivity index is 1.81. The molecule has 0 saturated heterocycles. The van der Waals surface area contributed by atoms with E-state index in [1.54, 1.807) is 0 Å². The fourth-order valence-corrected chi connectivity index (χ4v) is 5.24. The van der Waals surface area contributed by atoms with Crippen LogP contribution in [0, 0.1) is 5.92 Å². The first-order valence-electron chi connectivity index (χ1n) is 13.9.